The van der Waals surface area contributed by atoms with Crippen LogP contribution in [0.4, 0.5) is 0 Å². The minimum Gasteiger partial charge on any atom is -0.458 e. The molecule has 3 nitrogen and oxygen atoms in total. The molecule has 1 saturated carbocycles. The average molecular weight is 246 g/mol. The summed E-state index contributed by atoms with van der Waals surface area (Å²) in [5.74, 6) is 0.219. The molecule has 0 N–H and O–H groups in total. The lowest BCUT2D eigenvalue weighted by atomic mass is 9.78. The van der Waals surface area contributed by atoms with Crippen molar-refractivity contribution < 1.29 is 14.3 Å². The highest BCUT2D eigenvalue weighted by atomic mass is 16.6. The van der Waals surface area contributed by atoms with Crippen molar-refractivity contribution in [2.45, 2.75) is 50.4 Å². The Bertz CT molecular complexity index is 506. The van der Waals surface area contributed by atoms with E-state index < -0.39 is 0 Å². The van der Waals surface area contributed by atoms with Gasteiger partial charge in [-0.3, -0.25) is 0 Å². The SMILES string of the molecule is C=C1C(=O)O[C@@H]2[C@@H]1CC[C@]1(C)O[C@]13CC=C(C)[C@H]23. The van der Waals surface area contributed by atoms with Crippen LogP contribution in [0.25, 0.3) is 0 Å². The molecule has 3 heteroatoms. The summed E-state index contributed by atoms with van der Waals surface area (Å²) in [7, 11) is 0. The Balaban J connectivity index is 1.81. The molecule has 4 rings (SSSR count). The van der Waals surface area contributed by atoms with Gasteiger partial charge >= 0.3 is 5.97 Å². The number of fused-ring (bicyclic) bond motifs is 2. The van der Waals surface area contributed by atoms with E-state index in [0.717, 1.165) is 19.3 Å². The lowest BCUT2D eigenvalue weighted by Crippen LogP contribution is -2.37. The van der Waals surface area contributed by atoms with Crippen LogP contribution in [0, 0.1) is 11.8 Å². The second-order valence-electron chi connectivity index (χ2n) is 6.39. The molecule has 0 radical (unpaired) electrons. The van der Waals surface area contributed by atoms with Gasteiger partial charge in [0.15, 0.2) is 0 Å². The van der Waals surface area contributed by atoms with Crippen LogP contribution >= 0.6 is 0 Å². The first kappa shape index (κ1) is 10.8. The molecule has 4 aliphatic rings. The second-order valence-corrected chi connectivity index (χ2v) is 6.39. The van der Waals surface area contributed by atoms with E-state index in [9.17, 15) is 4.79 Å². The lowest BCUT2D eigenvalue weighted by molar-refractivity contribution is -0.141. The van der Waals surface area contributed by atoms with Crippen LogP contribution in [0.5, 0.6) is 0 Å². The fourth-order valence-electron chi connectivity index (χ4n) is 4.45. The van der Waals surface area contributed by atoms with Gasteiger partial charge in [0.25, 0.3) is 0 Å². The van der Waals surface area contributed by atoms with Crippen LogP contribution in [-0.2, 0) is 14.3 Å². The standard InChI is InChI=1S/C15H18O3/c1-8-4-7-15-11(8)12-10(9(2)13(16)17-12)5-6-14(15,3)18-15/h4,10-12H,2,5-7H2,1,3H3/t10-,11-,12-,14+,15+/m1/s1. The maximum atomic E-state index is 11.8. The van der Waals surface area contributed by atoms with Crippen molar-refractivity contribution in [3.05, 3.63) is 23.8 Å². The van der Waals surface area contributed by atoms with Crippen LogP contribution in [0.2, 0.25) is 0 Å². The molecule has 0 aromatic heterocycles. The van der Waals surface area contributed by atoms with Crippen LogP contribution < -0.4 is 0 Å². The molecule has 3 fully saturated rings. The Labute approximate surface area is 107 Å². The van der Waals surface area contributed by atoms with Crippen molar-refractivity contribution in [1.82, 2.24) is 0 Å². The number of rotatable bonds is 0. The maximum Gasteiger partial charge on any atom is 0.334 e. The van der Waals surface area contributed by atoms with Crippen molar-refractivity contribution in [3.8, 4) is 0 Å². The van der Waals surface area contributed by atoms with Gasteiger partial charge in [0, 0.05) is 17.4 Å². The molecule has 2 saturated heterocycles. The molecule has 0 unspecified atom stereocenters. The molecule has 18 heavy (non-hydrogen) atoms. The third-order valence-electron chi connectivity index (χ3n) is 5.59. The molecular formula is C15H18O3. The van der Waals surface area contributed by atoms with E-state index in [-0.39, 0.29) is 35.1 Å². The molecule has 2 aliphatic heterocycles. The van der Waals surface area contributed by atoms with Crippen molar-refractivity contribution in [2.24, 2.45) is 11.8 Å². The van der Waals surface area contributed by atoms with E-state index in [1.807, 2.05) is 0 Å². The van der Waals surface area contributed by atoms with Crippen molar-refractivity contribution >= 4 is 5.97 Å². The van der Waals surface area contributed by atoms with Gasteiger partial charge in [-0.05, 0) is 33.1 Å². The van der Waals surface area contributed by atoms with E-state index in [1.54, 1.807) is 0 Å². The molecule has 0 amide bonds. The topological polar surface area (TPSA) is 38.8 Å². The Kier molecular flexibility index (Phi) is 1.74. The summed E-state index contributed by atoms with van der Waals surface area (Å²) < 4.78 is 11.8. The monoisotopic (exact) mass is 246 g/mol. The number of carbonyl (C=O) groups is 1. The largest absolute Gasteiger partial charge is 0.458 e. The zero-order chi connectivity index (χ0) is 12.7. The maximum absolute atomic E-state index is 11.8. The molecule has 5 atom stereocenters. The Morgan fingerprint density at radius 1 is 1.50 bits per heavy atom. The number of hydrogen-bond donors (Lipinski definition) is 0. The van der Waals surface area contributed by atoms with Gasteiger partial charge in [-0.1, -0.05) is 18.2 Å². The summed E-state index contributed by atoms with van der Waals surface area (Å²) in [6.45, 7) is 8.27. The normalized spacial score (nSPS) is 53.0. The summed E-state index contributed by atoms with van der Waals surface area (Å²) >= 11 is 0. The van der Waals surface area contributed by atoms with Gasteiger partial charge in [-0.15, -0.1) is 0 Å². The third kappa shape index (κ3) is 0.993. The number of hydrogen-bond acceptors (Lipinski definition) is 3. The Morgan fingerprint density at radius 3 is 3.06 bits per heavy atom. The molecule has 2 heterocycles. The predicted molar refractivity (Wildman–Crippen MR) is 65.8 cm³/mol. The summed E-state index contributed by atoms with van der Waals surface area (Å²) in [6, 6.07) is 0. The van der Waals surface area contributed by atoms with E-state index in [1.165, 1.54) is 5.57 Å². The first-order chi connectivity index (χ1) is 8.48. The Morgan fingerprint density at radius 2 is 2.28 bits per heavy atom. The highest BCUT2D eigenvalue weighted by Crippen LogP contribution is 2.67. The van der Waals surface area contributed by atoms with Gasteiger partial charge in [0.1, 0.15) is 11.7 Å². The molecule has 0 aromatic carbocycles. The fraction of sp³-hybridized carbons (Fsp3) is 0.667. The van der Waals surface area contributed by atoms with Gasteiger partial charge in [-0.25, -0.2) is 4.79 Å². The first-order valence-corrected chi connectivity index (χ1v) is 6.75. The lowest BCUT2D eigenvalue weighted by Gasteiger charge is -2.26. The summed E-state index contributed by atoms with van der Waals surface area (Å²) in [5, 5.41) is 0. The molecular weight excluding hydrogens is 228 g/mol. The highest BCUT2D eigenvalue weighted by Gasteiger charge is 2.75. The van der Waals surface area contributed by atoms with Crippen LogP contribution in [0.3, 0.4) is 0 Å². The third-order valence-corrected chi connectivity index (χ3v) is 5.59. The minimum atomic E-state index is -0.205. The van der Waals surface area contributed by atoms with Crippen LogP contribution in [-0.4, -0.2) is 23.3 Å². The first-order valence-electron chi connectivity index (χ1n) is 6.75. The van der Waals surface area contributed by atoms with E-state index in [4.69, 9.17) is 9.47 Å². The molecule has 0 bridgehead atoms. The average Bonchev–Trinajstić information content (AvgIpc) is 2.65. The zero-order valence-electron chi connectivity index (χ0n) is 10.9. The summed E-state index contributed by atoms with van der Waals surface area (Å²) in [4.78, 5) is 11.8. The van der Waals surface area contributed by atoms with Crippen LogP contribution in [0.15, 0.2) is 23.8 Å². The van der Waals surface area contributed by atoms with Gasteiger partial charge in [-0.2, -0.15) is 0 Å². The number of esters is 1. The van der Waals surface area contributed by atoms with E-state index >= 15 is 0 Å². The van der Waals surface area contributed by atoms with Crippen molar-refractivity contribution in [1.29, 1.82) is 0 Å². The quantitative estimate of drug-likeness (QED) is 0.285. The van der Waals surface area contributed by atoms with Crippen molar-refractivity contribution in [3.63, 3.8) is 0 Å². The molecule has 1 spiro atoms. The minimum absolute atomic E-state index is 0.0248. The van der Waals surface area contributed by atoms with Gasteiger partial charge in [0.2, 0.25) is 0 Å². The van der Waals surface area contributed by atoms with Crippen molar-refractivity contribution in [2.75, 3.05) is 0 Å². The van der Waals surface area contributed by atoms with E-state index in [0.29, 0.717) is 5.57 Å². The number of carbonyl (C=O) groups excluding carboxylic acids is 1. The Hall–Kier alpha value is -1.09. The predicted octanol–water partition coefficient (Wildman–Crippen LogP) is 2.37. The van der Waals surface area contributed by atoms with Crippen LogP contribution in [0.1, 0.15) is 33.1 Å². The second kappa shape index (κ2) is 2.90. The smallest absolute Gasteiger partial charge is 0.334 e. The zero-order valence-corrected chi connectivity index (χ0v) is 10.9. The fourth-order valence-corrected chi connectivity index (χ4v) is 4.45. The van der Waals surface area contributed by atoms with Gasteiger partial charge < -0.3 is 9.47 Å². The highest BCUT2D eigenvalue weighted by molar-refractivity contribution is 5.91. The molecule has 0 aromatic rings. The van der Waals surface area contributed by atoms with Gasteiger partial charge in [0.05, 0.1) is 5.60 Å². The molecule has 2 aliphatic carbocycles. The summed E-state index contributed by atoms with van der Waals surface area (Å²) in [5.41, 5.74) is 1.86. The van der Waals surface area contributed by atoms with E-state index in [2.05, 4.69) is 26.5 Å². The molecule has 96 valence electrons. The summed E-state index contributed by atoms with van der Waals surface area (Å²) in [6.07, 6.45) is 5.13. The number of ether oxygens (including phenoxy) is 2. The number of epoxide rings is 1.